The number of piperidine rings is 1. The lowest BCUT2D eigenvalue weighted by Gasteiger charge is -2.31. The second-order valence-corrected chi connectivity index (χ2v) is 7.14. The van der Waals surface area contributed by atoms with Crippen LogP contribution in [0.1, 0.15) is 32.6 Å². The largest absolute Gasteiger partial charge is 0.314 e. The highest BCUT2D eigenvalue weighted by molar-refractivity contribution is 7.71. The molecule has 1 aliphatic rings. The summed E-state index contributed by atoms with van der Waals surface area (Å²) in [6, 6.07) is 8.49. The van der Waals surface area contributed by atoms with Crippen molar-refractivity contribution >= 4 is 23.8 Å². The fourth-order valence-corrected chi connectivity index (χ4v) is 3.80. The minimum atomic E-state index is 0.728. The fraction of sp³-hybridized carbons (Fsp3) is 0.529. The van der Waals surface area contributed by atoms with Crippen molar-refractivity contribution in [3.63, 3.8) is 0 Å². The Bertz CT molecular complexity index is 719. The van der Waals surface area contributed by atoms with Gasteiger partial charge in [-0.05, 0) is 62.2 Å². The molecule has 3 rings (SSSR count). The fourth-order valence-electron chi connectivity index (χ4n) is 3.49. The first kappa shape index (κ1) is 16.7. The second-order valence-electron chi connectivity index (χ2n) is 6.34. The molecule has 0 saturated carbocycles. The minimum absolute atomic E-state index is 0.728. The Morgan fingerprint density at radius 3 is 2.74 bits per heavy atom. The van der Waals surface area contributed by atoms with E-state index >= 15 is 0 Å². The molecule has 2 atom stereocenters. The third-order valence-corrected chi connectivity index (χ3v) is 5.60. The molecule has 1 aromatic carbocycles. The molecule has 1 unspecified atom stereocenters. The molecule has 0 spiro atoms. The standard InChI is InChI=1S/C17H23ClN4S/c1-3-15-6-4-5-11-21(15)12-22-17(23)20(2)16(19-22)13-7-9-14(18)10-8-13/h7-10,15H,3-6,11-12H2,1-2H3/p+1/t15-/m0/s1. The second kappa shape index (κ2) is 7.16. The van der Waals surface area contributed by atoms with Gasteiger partial charge in [-0.25, -0.2) is 0 Å². The molecule has 23 heavy (non-hydrogen) atoms. The quantitative estimate of drug-likeness (QED) is 0.857. The Hall–Kier alpha value is -1.17. The molecular formula is C17H24ClN4S+. The molecule has 124 valence electrons. The summed E-state index contributed by atoms with van der Waals surface area (Å²) in [5, 5.41) is 5.52. The average molecular weight is 352 g/mol. The maximum atomic E-state index is 5.98. The number of nitrogens with zero attached hydrogens (tertiary/aromatic N) is 3. The van der Waals surface area contributed by atoms with Crippen LogP contribution in [-0.4, -0.2) is 26.9 Å². The van der Waals surface area contributed by atoms with Gasteiger partial charge in [0, 0.05) is 17.6 Å². The number of rotatable bonds is 4. The summed E-state index contributed by atoms with van der Waals surface area (Å²) in [6.07, 6.45) is 5.19. The Labute approximate surface area is 147 Å². The van der Waals surface area contributed by atoms with Gasteiger partial charge in [-0.3, -0.25) is 0 Å². The molecule has 1 fully saturated rings. The zero-order chi connectivity index (χ0) is 16.4. The topological polar surface area (TPSA) is 27.2 Å². The SMILES string of the molecule is CC[C@H]1CCCC[NH+]1Cn1nc(-c2ccc(Cl)cc2)n(C)c1=S. The smallest absolute Gasteiger partial charge is 0.202 e. The van der Waals surface area contributed by atoms with Gasteiger partial charge >= 0.3 is 0 Å². The Morgan fingerprint density at radius 1 is 1.30 bits per heavy atom. The number of nitrogens with one attached hydrogen (secondary N) is 1. The van der Waals surface area contributed by atoms with E-state index in [9.17, 15) is 0 Å². The van der Waals surface area contributed by atoms with Crippen molar-refractivity contribution in [1.82, 2.24) is 14.3 Å². The molecule has 0 amide bonds. The summed E-state index contributed by atoms with van der Waals surface area (Å²) < 4.78 is 4.76. The monoisotopic (exact) mass is 351 g/mol. The maximum absolute atomic E-state index is 5.98. The van der Waals surface area contributed by atoms with Crippen LogP contribution in [0.5, 0.6) is 0 Å². The van der Waals surface area contributed by atoms with Crippen molar-refractivity contribution in [2.24, 2.45) is 7.05 Å². The number of hydrogen-bond acceptors (Lipinski definition) is 2. The summed E-state index contributed by atoms with van der Waals surface area (Å²) in [5.74, 6) is 0.899. The zero-order valence-electron chi connectivity index (χ0n) is 13.8. The van der Waals surface area contributed by atoms with E-state index in [4.69, 9.17) is 28.9 Å². The molecule has 1 aliphatic heterocycles. The van der Waals surface area contributed by atoms with Crippen molar-refractivity contribution in [2.45, 2.75) is 45.3 Å². The summed E-state index contributed by atoms with van der Waals surface area (Å²) in [4.78, 5) is 1.61. The highest BCUT2D eigenvalue weighted by atomic mass is 35.5. The van der Waals surface area contributed by atoms with Gasteiger partial charge in [0.15, 0.2) is 12.5 Å². The molecule has 6 heteroatoms. The summed E-state index contributed by atoms with van der Waals surface area (Å²) in [7, 11) is 1.98. The maximum Gasteiger partial charge on any atom is 0.202 e. The number of likely N-dealkylation sites (tertiary alicyclic amines) is 1. The normalized spacial score (nSPS) is 21.5. The Morgan fingerprint density at radius 2 is 2.04 bits per heavy atom. The highest BCUT2D eigenvalue weighted by Crippen LogP contribution is 2.19. The summed E-state index contributed by atoms with van der Waals surface area (Å²) in [5.41, 5.74) is 1.04. The van der Waals surface area contributed by atoms with Crippen LogP contribution in [0, 0.1) is 4.77 Å². The number of benzene rings is 1. The van der Waals surface area contributed by atoms with Gasteiger partial charge in [-0.15, -0.1) is 5.10 Å². The Kier molecular flexibility index (Phi) is 5.19. The third-order valence-electron chi connectivity index (χ3n) is 4.87. The van der Waals surface area contributed by atoms with Crippen LogP contribution < -0.4 is 4.90 Å². The number of quaternary nitrogens is 1. The van der Waals surface area contributed by atoms with Gasteiger partial charge in [0.2, 0.25) is 4.77 Å². The molecular weight excluding hydrogens is 328 g/mol. The number of aromatic nitrogens is 3. The first-order valence-corrected chi connectivity index (χ1v) is 9.13. The van der Waals surface area contributed by atoms with Crippen LogP contribution in [0.4, 0.5) is 0 Å². The molecule has 2 heterocycles. The summed E-state index contributed by atoms with van der Waals surface area (Å²) in [6.45, 7) is 4.36. The molecule has 1 aromatic heterocycles. The predicted octanol–water partition coefficient (Wildman–Crippen LogP) is 3.08. The van der Waals surface area contributed by atoms with E-state index in [0.29, 0.717) is 0 Å². The first-order valence-electron chi connectivity index (χ1n) is 8.34. The van der Waals surface area contributed by atoms with E-state index in [1.807, 2.05) is 40.6 Å². The zero-order valence-corrected chi connectivity index (χ0v) is 15.3. The van der Waals surface area contributed by atoms with Crippen LogP contribution in [0.15, 0.2) is 24.3 Å². The molecule has 1 N–H and O–H groups in total. The van der Waals surface area contributed by atoms with E-state index < -0.39 is 0 Å². The van der Waals surface area contributed by atoms with Crippen molar-refractivity contribution in [3.8, 4) is 11.4 Å². The molecule has 0 aliphatic carbocycles. The highest BCUT2D eigenvalue weighted by Gasteiger charge is 2.25. The van der Waals surface area contributed by atoms with Gasteiger partial charge < -0.3 is 9.47 Å². The molecule has 4 nitrogen and oxygen atoms in total. The van der Waals surface area contributed by atoms with Crippen LogP contribution >= 0.6 is 23.8 Å². The third kappa shape index (κ3) is 3.52. The number of hydrogen-bond donors (Lipinski definition) is 1. The molecule has 2 aromatic rings. The van der Waals surface area contributed by atoms with Gasteiger partial charge in [0.1, 0.15) is 0 Å². The van der Waals surface area contributed by atoms with E-state index in [-0.39, 0.29) is 0 Å². The lowest BCUT2D eigenvalue weighted by atomic mass is 10.0. The lowest BCUT2D eigenvalue weighted by Crippen LogP contribution is -3.15. The van der Waals surface area contributed by atoms with Gasteiger partial charge in [-0.1, -0.05) is 18.5 Å². The van der Waals surface area contributed by atoms with E-state index in [1.54, 1.807) is 4.90 Å². The van der Waals surface area contributed by atoms with Gasteiger partial charge in [0.05, 0.1) is 12.6 Å². The van der Waals surface area contributed by atoms with Gasteiger partial charge in [0.25, 0.3) is 0 Å². The minimum Gasteiger partial charge on any atom is -0.314 e. The van der Waals surface area contributed by atoms with E-state index in [1.165, 1.54) is 32.2 Å². The average Bonchev–Trinajstić information content (AvgIpc) is 2.85. The van der Waals surface area contributed by atoms with Crippen molar-refractivity contribution < 1.29 is 4.90 Å². The number of halogens is 1. The lowest BCUT2D eigenvalue weighted by molar-refractivity contribution is -0.953. The van der Waals surface area contributed by atoms with Crippen molar-refractivity contribution in [3.05, 3.63) is 34.1 Å². The first-order chi connectivity index (χ1) is 11.1. The van der Waals surface area contributed by atoms with Crippen molar-refractivity contribution in [2.75, 3.05) is 6.54 Å². The molecule has 0 radical (unpaired) electrons. The van der Waals surface area contributed by atoms with E-state index in [0.717, 1.165) is 33.9 Å². The van der Waals surface area contributed by atoms with Crippen LogP contribution in [0.2, 0.25) is 5.02 Å². The van der Waals surface area contributed by atoms with Gasteiger partial charge in [-0.2, -0.15) is 4.68 Å². The van der Waals surface area contributed by atoms with Crippen LogP contribution in [0.25, 0.3) is 11.4 Å². The van der Waals surface area contributed by atoms with E-state index in [2.05, 4.69) is 6.92 Å². The molecule has 0 bridgehead atoms. The van der Waals surface area contributed by atoms with Crippen molar-refractivity contribution in [1.29, 1.82) is 0 Å². The van der Waals surface area contributed by atoms with Crippen LogP contribution in [0.3, 0.4) is 0 Å². The Balaban J connectivity index is 1.87. The van der Waals surface area contributed by atoms with Crippen LogP contribution in [-0.2, 0) is 13.7 Å². The molecule has 1 saturated heterocycles. The summed E-state index contributed by atoms with van der Waals surface area (Å²) >= 11 is 11.6. The predicted molar refractivity (Wildman–Crippen MR) is 96.2 cm³/mol.